The largest absolute Gasteiger partial charge is 0.330 e. The van der Waals surface area contributed by atoms with Gasteiger partial charge in [0.2, 0.25) is 0 Å². The lowest BCUT2D eigenvalue weighted by Gasteiger charge is -2.18. The van der Waals surface area contributed by atoms with Crippen molar-refractivity contribution < 1.29 is 0 Å². The standard InChI is InChI=1S/C44H80N2/c1-3-5-7-9-11-13-15-17-19-21-23-25-27-29-31-33-37-42(40-46-41-45-43-38-34-35-39-44(43)46)36-32-30-28-26-24-22-20-18-16-14-12-10-8-6-4-2/h34-35,38-39,41-42H,3-33,36-37,40H2,1-2H3. The maximum Gasteiger partial charge on any atom is 0.0958 e. The molecule has 0 saturated heterocycles. The number of para-hydroxylation sites is 2. The first kappa shape index (κ1) is 40.9. The fraction of sp³-hybridized carbons (Fsp3) is 0.841. The van der Waals surface area contributed by atoms with E-state index >= 15 is 0 Å². The molecule has 0 amide bonds. The van der Waals surface area contributed by atoms with E-state index in [9.17, 15) is 0 Å². The second-order valence-electron chi connectivity index (χ2n) is 15.1. The molecule has 0 aliphatic heterocycles. The normalized spacial score (nSPS) is 12.4. The van der Waals surface area contributed by atoms with Crippen LogP contribution in [0.3, 0.4) is 0 Å². The summed E-state index contributed by atoms with van der Waals surface area (Å²) < 4.78 is 2.44. The van der Waals surface area contributed by atoms with Crippen molar-refractivity contribution in [2.24, 2.45) is 5.92 Å². The third kappa shape index (κ3) is 22.3. The molecule has 1 unspecified atom stereocenters. The SMILES string of the molecule is CCCCCCCCCCCCCCCCCCC(CCCCCCCCCCCCCCCCC)Cn1cnc2ccccc21. The number of aromatic nitrogens is 2. The van der Waals surface area contributed by atoms with E-state index in [1.54, 1.807) is 0 Å². The molecule has 46 heavy (non-hydrogen) atoms. The van der Waals surface area contributed by atoms with Crippen LogP contribution in [0, 0.1) is 5.92 Å². The van der Waals surface area contributed by atoms with Crippen molar-refractivity contribution in [3.05, 3.63) is 30.6 Å². The van der Waals surface area contributed by atoms with Crippen molar-refractivity contribution in [3.63, 3.8) is 0 Å². The molecule has 0 radical (unpaired) electrons. The predicted octanol–water partition coefficient (Wildman–Crippen LogP) is 15.6. The van der Waals surface area contributed by atoms with Gasteiger partial charge in [-0.25, -0.2) is 4.98 Å². The maximum atomic E-state index is 4.69. The van der Waals surface area contributed by atoms with Crippen LogP contribution >= 0.6 is 0 Å². The summed E-state index contributed by atoms with van der Waals surface area (Å²) in [6.07, 6.45) is 49.8. The van der Waals surface area contributed by atoms with Gasteiger partial charge in [-0.05, 0) is 30.9 Å². The van der Waals surface area contributed by atoms with Gasteiger partial charge in [-0.2, -0.15) is 0 Å². The highest BCUT2D eigenvalue weighted by atomic mass is 15.0. The van der Waals surface area contributed by atoms with Crippen molar-refractivity contribution >= 4 is 11.0 Å². The highest BCUT2D eigenvalue weighted by Crippen LogP contribution is 2.24. The molecule has 266 valence electrons. The Morgan fingerprint density at radius 2 is 0.761 bits per heavy atom. The van der Waals surface area contributed by atoms with Gasteiger partial charge in [0.1, 0.15) is 0 Å². The first-order valence-corrected chi connectivity index (χ1v) is 21.2. The van der Waals surface area contributed by atoms with E-state index in [-0.39, 0.29) is 0 Å². The molecule has 2 rings (SSSR count). The van der Waals surface area contributed by atoms with Gasteiger partial charge in [0.05, 0.1) is 17.4 Å². The molecule has 0 N–H and O–H groups in total. The van der Waals surface area contributed by atoms with E-state index in [2.05, 4.69) is 49.0 Å². The van der Waals surface area contributed by atoms with Crippen molar-refractivity contribution in [2.75, 3.05) is 0 Å². The lowest BCUT2D eigenvalue weighted by atomic mass is 9.93. The number of nitrogens with zero attached hydrogens (tertiary/aromatic N) is 2. The molecule has 0 bridgehead atoms. The minimum absolute atomic E-state index is 0.797. The van der Waals surface area contributed by atoms with Crippen molar-refractivity contribution in [1.82, 2.24) is 9.55 Å². The summed E-state index contributed by atoms with van der Waals surface area (Å²) in [7, 11) is 0. The number of rotatable bonds is 35. The topological polar surface area (TPSA) is 17.8 Å². The Kier molecular flexibility index (Phi) is 27.5. The van der Waals surface area contributed by atoms with E-state index in [1.807, 2.05) is 0 Å². The van der Waals surface area contributed by atoms with Crippen LogP contribution in [0.25, 0.3) is 11.0 Å². The van der Waals surface area contributed by atoms with Gasteiger partial charge in [0.25, 0.3) is 0 Å². The maximum absolute atomic E-state index is 4.69. The summed E-state index contributed by atoms with van der Waals surface area (Å²) in [5, 5.41) is 0. The molecule has 2 heteroatoms. The highest BCUT2D eigenvalue weighted by Gasteiger charge is 2.12. The summed E-state index contributed by atoms with van der Waals surface area (Å²) in [6, 6.07) is 8.69. The molecule has 0 aliphatic rings. The molecule has 2 nitrogen and oxygen atoms in total. The lowest BCUT2D eigenvalue weighted by Crippen LogP contribution is -2.10. The fourth-order valence-corrected chi connectivity index (χ4v) is 7.55. The zero-order valence-electron chi connectivity index (χ0n) is 31.4. The third-order valence-corrected chi connectivity index (χ3v) is 10.7. The number of unbranched alkanes of at least 4 members (excludes halogenated alkanes) is 29. The van der Waals surface area contributed by atoms with E-state index in [0.717, 1.165) is 18.0 Å². The zero-order valence-corrected chi connectivity index (χ0v) is 31.4. The van der Waals surface area contributed by atoms with Crippen LogP contribution in [0.4, 0.5) is 0 Å². The number of hydrogen-bond acceptors (Lipinski definition) is 1. The fourth-order valence-electron chi connectivity index (χ4n) is 7.55. The summed E-state index contributed by atoms with van der Waals surface area (Å²) in [4.78, 5) is 4.69. The monoisotopic (exact) mass is 637 g/mol. The van der Waals surface area contributed by atoms with Gasteiger partial charge in [0, 0.05) is 6.54 Å². The van der Waals surface area contributed by atoms with E-state index < -0.39 is 0 Å². The number of fused-ring (bicyclic) bond motifs is 1. The van der Waals surface area contributed by atoms with Gasteiger partial charge >= 0.3 is 0 Å². The minimum Gasteiger partial charge on any atom is -0.330 e. The Morgan fingerprint density at radius 1 is 0.435 bits per heavy atom. The third-order valence-electron chi connectivity index (χ3n) is 10.7. The highest BCUT2D eigenvalue weighted by molar-refractivity contribution is 5.74. The second-order valence-corrected chi connectivity index (χ2v) is 15.1. The molecular formula is C44H80N2. The molecule has 0 spiro atoms. The predicted molar refractivity (Wildman–Crippen MR) is 207 cm³/mol. The van der Waals surface area contributed by atoms with Crippen molar-refractivity contribution in [1.29, 1.82) is 0 Å². The Balaban J connectivity index is 1.50. The lowest BCUT2D eigenvalue weighted by molar-refractivity contribution is 0.360. The molecule has 1 atom stereocenters. The Hall–Kier alpha value is -1.31. The summed E-state index contributed by atoms with van der Waals surface area (Å²) in [5.41, 5.74) is 2.46. The number of hydrogen-bond donors (Lipinski definition) is 0. The molecule has 0 aliphatic carbocycles. The molecule has 2 aromatic rings. The van der Waals surface area contributed by atoms with E-state index in [0.29, 0.717) is 0 Å². The van der Waals surface area contributed by atoms with Crippen LogP contribution in [-0.2, 0) is 6.54 Å². The van der Waals surface area contributed by atoms with Gasteiger partial charge in [0.15, 0.2) is 0 Å². The Labute approximate surface area is 288 Å². The van der Waals surface area contributed by atoms with Crippen LogP contribution in [0.5, 0.6) is 0 Å². The van der Waals surface area contributed by atoms with E-state index in [1.165, 1.54) is 217 Å². The number of imidazole rings is 1. The van der Waals surface area contributed by atoms with Gasteiger partial charge in [-0.3, -0.25) is 0 Å². The van der Waals surface area contributed by atoms with Crippen LogP contribution in [0.15, 0.2) is 30.6 Å². The average Bonchev–Trinajstić information content (AvgIpc) is 3.48. The first-order valence-electron chi connectivity index (χ1n) is 21.2. The Bertz CT molecular complexity index is 885. The number of benzene rings is 1. The second kappa shape index (κ2) is 31.0. The zero-order chi connectivity index (χ0) is 32.6. The molecule has 0 fully saturated rings. The minimum atomic E-state index is 0.797. The first-order chi connectivity index (χ1) is 22.8. The van der Waals surface area contributed by atoms with Gasteiger partial charge in [-0.15, -0.1) is 0 Å². The molecule has 0 saturated carbocycles. The van der Waals surface area contributed by atoms with Crippen molar-refractivity contribution in [3.8, 4) is 0 Å². The molecule has 1 aromatic heterocycles. The molecular weight excluding hydrogens is 556 g/mol. The molecule has 1 heterocycles. The summed E-state index contributed by atoms with van der Waals surface area (Å²) >= 11 is 0. The van der Waals surface area contributed by atoms with Crippen LogP contribution in [-0.4, -0.2) is 9.55 Å². The summed E-state index contributed by atoms with van der Waals surface area (Å²) in [6.45, 7) is 5.77. The van der Waals surface area contributed by atoms with E-state index in [4.69, 9.17) is 4.98 Å². The van der Waals surface area contributed by atoms with Gasteiger partial charge < -0.3 is 4.57 Å². The van der Waals surface area contributed by atoms with Gasteiger partial charge in [-0.1, -0.05) is 225 Å². The Morgan fingerprint density at radius 3 is 1.13 bits per heavy atom. The average molecular weight is 637 g/mol. The van der Waals surface area contributed by atoms with Crippen LogP contribution in [0.2, 0.25) is 0 Å². The summed E-state index contributed by atoms with van der Waals surface area (Å²) in [5.74, 6) is 0.797. The van der Waals surface area contributed by atoms with Crippen molar-refractivity contribution in [2.45, 2.75) is 232 Å². The smallest absolute Gasteiger partial charge is 0.0958 e. The quantitative estimate of drug-likeness (QED) is 0.0688. The van der Waals surface area contributed by atoms with Crippen LogP contribution in [0.1, 0.15) is 226 Å². The van der Waals surface area contributed by atoms with Crippen LogP contribution < -0.4 is 0 Å². The molecule has 1 aromatic carbocycles.